The van der Waals surface area contributed by atoms with Crippen LogP contribution >= 0.6 is 0 Å². The van der Waals surface area contributed by atoms with Gasteiger partial charge < -0.3 is 4.74 Å². The normalized spacial score (nSPS) is 10.1. The van der Waals surface area contributed by atoms with Gasteiger partial charge in [0.2, 0.25) is 0 Å². The Balaban J connectivity index is 2.68. The number of hydroxylamine groups is 1. The zero-order valence-corrected chi connectivity index (χ0v) is 9.69. The van der Waals surface area contributed by atoms with Gasteiger partial charge in [0.15, 0.2) is 0 Å². The van der Waals surface area contributed by atoms with E-state index in [1.807, 2.05) is 43.2 Å². The summed E-state index contributed by atoms with van der Waals surface area (Å²) in [6.45, 7) is 8.24. The molecule has 3 heteroatoms. The quantitative estimate of drug-likeness (QED) is 0.672. The Morgan fingerprint density at radius 1 is 1.00 bits per heavy atom. The van der Waals surface area contributed by atoms with E-state index in [1.54, 1.807) is 0 Å². The lowest BCUT2D eigenvalue weighted by Crippen LogP contribution is -2.22. The molecule has 1 aromatic carbocycles. The molecule has 0 unspecified atom stereocenters. The van der Waals surface area contributed by atoms with E-state index in [0.717, 1.165) is 18.0 Å². The van der Waals surface area contributed by atoms with Crippen LogP contribution in [-0.2, 0) is 4.84 Å². The van der Waals surface area contributed by atoms with Crippen molar-refractivity contribution >= 4 is 5.69 Å². The Kier molecular flexibility index (Phi) is 4.98. The minimum Gasteiger partial charge on any atom is -0.494 e. The molecule has 0 amide bonds. The molecule has 0 aromatic heterocycles. The van der Waals surface area contributed by atoms with E-state index in [1.165, 1.54) is 0 Å². The molecule has 0 aliphatic carbocycles. The van der Waals surface area contributed by atoms with E-state index in [9.17, 15) is 0 Å². The third kappa shape index (κ3) is 3.44. The van der Waals surface area contributed by atoms with Crippen molar-refractivity contribution in [2.45, 2.75) is 20.8 Å². The monoisotopic (exact) mass is 209 g/mol. The molecule has 3 nitrogen and oxygen atoms in total. The molecular formula is C12H19NO2. The van der Waals surface area contributed by atoms with Gasteiger partial charge in [0.25, 0.3) is 0 Å². The smallest absolute Gasteiger partial charge is 0.119 e. The molecule has 0 spiro atoms. The number of hydrogen-bond acceptors (Lipinski definition) is 3. The van der Waals surface area contributed by atoms with Gasteiger partial charge in [-0.1, -0.05) is 0 Å². The molecule has 0 atom stereocenters. The standard InChI is InChI=1S/C12H19NO2/c1-4-13(15-6-3)11-7-9-12(10-8-11)14-5-2/h7-10H,4-6H2,1-3H3. The van der Waals surface area contributed by atoms with Gasteiger partial charge in [-0.25, -0.2) is 0 Å². The molecule has 0 heterocycles. The minimum absolute atomic E-state index is 0.682. The lowest BCUT2D eigenvalue weighted by atomic mass is 10.3. The van der Waals surface area contributed by atoms with E-state index < -0.39 is 0 Å². The molecule has 0 N–H and O–H groups in total. The van der Waals surface area contributed by atoms with Crippen molar-refractivity contribution in [3.05, 3.63) is 24.3 Å². The van der Waals surface area contributed by atoms with Crippen LogP contribution in [0.4, 0.5) is 5.69 Å². The minimum atomic E-state index is 0.682. The van der Waals surface area contributed by atoms with Crippen LogP contribution in [0.1, 0.15) is 20.8 Å². The van der Waals surface area contributed by atoms with Crippen molar-refractivity contribution in [1.82, 2.24) is 0 Å². The molecule has 0 fully saturated rings. The van der Waals surface area contributed by atoms with E-state index >= 15 is 0 Å². The van der Waals surface area contributed by atoms with Crippen LogP contribution < -0.4 is 9.80 Å². The van der Waals surface area contributed by atoms with E-state index in [-0.39, 0.29) is 0 Å². The highest BCUT2D eigenvalue weighted by Gasteiger charge is 2.03. The number of ether oxygens (including phenoxy) is 1. The van der Waals surface area contributed by atoms with Crippen molar-refractivity contribution in [3.8, 4) is 5.75 Å². The fraction of sp³-hybridized carbons (Fsp3) is 0.500. The summed E-state index contributed by atoms with van der Waals surface area (Å²) in [6, 6.07) is 7.93. The van der Waals surface area contributed by atoms with Gasteiger partial charge in [-0.15, -0.1) is 0 Å². The maximum atomic E-state index is 5.47. The molecule has 1 rings (SSSR count). The second kappa shape index (κ2) is 6.30. The summed E-state index contributed by atoms with van der Waals surface area (Å²) in [5, 5.41) is 1.87. The van der Waals surface area contributed by atoms with Crippen molar-refractivity contribution in [2.75, 3.05) is 24.8 Å². The Bertz CT molecular complexity index is 271. The SMILES string of the molecule is CCOc1ccc(N(CC)OCC)cc1. The summed E-state index contributed by atoms with van der Waals surface area (Å²) in [5.74, 6) is 0.897. The van der Waals surface area contributed by atoms with Crippen molar-refractivity contribution in [3.63, 3.8) is 0 Å². The van der Waals surface area contributed by atoms with Crippen LogP contribution in [0.15, 0.2) is 24.3 Å². The van der Waals surface area contributed by atoms with Gasteiger partial charge in [0.05, 0.1) is 18.9 Å². The fourth-order valence-corrected chi connectivity index (χ4v) is 1.38. The lowest BCUT2D eigenvalue weighted by Gasteiger charge is -2.21. The number of hydrogen-bond donors (Lipinski definition) is 0. The van der Waals surface area contributed by atoms with E-state index in [0.29, 0.717) is 13.2 Å². The van der Waals surface area contributed by atoms with Crippen LogP contribution in [0.25, 0.3) is 0 Å². The molecule has 84 valence electrons. The number of nitrogens with zero attached hydrogens (tertiary/aromatic N) is 1. The van der Waals surface area contributed by atoms with Crippen LogP contribution in [0.3, 0.4) is 0 Å². The molecule has 0 saturated carbocycles. The summed E-state index contributed by atoms with van der Waals surface area (Å²) in [7, 11) is 0. The molecule has 0 aliphatic rings. The van der Waals surface area contributed by atoms with Gasteiger partial charge >= 0.3 is 0 Å². The van der Waals surface area contributed by atoms with Crippen LogP contribution in [0.5, 0.6) is 5.75 Å². The van der Waals surface area contributed by atoms with Gasteiger partial charge in [-0.2, -0.15) is 0 Å². The molecule has 15 heavy (non-hydrogen) atoms. The van der Waals surface area contributed by atoms with Crippen LogP contribution in [0.2, 0.25) is 0 Å². The maximum absolute atomic E-state index is 5.47. The third-order valence-electron chi connectivity index (χ3n) is 2.01. The highest BCUT2D eigenvalue weighted by atomic mass is 16.7. The first-order valence-electron chi connectivity index (χ1n) is 5.45. The first-order chi connectivity index (χ1) is 7.31. The summed E-state index contributed by atoms with van der Waals surface area (Å²) >= 11 is 0. The molecule has 1 aromatic rings. The maximum Gasteiger partial charge on any atom is 0.119 e. The molecular weight excluding hydrogens is 190 g/mol. The van der Waals surface area contributed by atoms with Gasteiger partial charge in [0, 0.05) is 6.54 Å². The Morgan fingerprint density at radius 2 is 1.67 bits per heavy atom. The first kappa shape index (κ1) is 11.9. The average molecular weight is 209 g/mol. The fourth-order valence-electron chi connectivity index (χ4n) is 1.38. The highest BCUT2D eigenvalue weighted by molar-refractivity contribution is 5.46. The summed E-state index contributed by atoms with van der Waals surface area (Å²) < 4.78 is 5.37. The summed E-state index contributed by atoms with van der Waals surface area (Å²) in [4.78, 5) is 5.47. The molecule has 0 bridgehead atoms. The Labute approximate surface area is 91.6 Å². The third-order valence-corrected chi connectivity index (χ3v) is 2.01. The van der Waals surface area contributed by atoms with Crippen LogP contribution in [-0.4, -0.2) is 19.8 Å². The van der Waals surface area contributed by atoms with Gasteiger partial charge in [-0.05, 0) is 45.0 Å². The summed E-state index contributed by atoms with van der Waals surface area (Å²) in [5.41, 5.74) is 1.06. The number of rotatable bonds is 6. The zero-order valence-electron chi connectivity index (χ0n) is 9.69. The zero-order chi connectivity index (χ0) is 11.1. The van der Waals surface area contributed by atoms with E-state index in [4.69, 9.17) is 9.57 Å². The summed E-state index contributed by atoms with van der Waals surface area (Å²) in [6.07, 6.45) is 0. The lowest BCUT2D eigenvalue weighted by molar-refractivity contribution is 0.123. The Morgan fingerprint density at radius 3 is 2.13 bits per heavy atom. The average Bonchev–Trinajstić information content (AvgIpc) is 2.28. The topological polar surface area (TPSA) is 21.7 Å². The molecule has 0 radical (unpaired) electrons. The van der Waals surface area contributed by atoms with Gasteiger partial charge in [0.1, 0.15) is 5.75 Å². The predicted molar refractivity (Wildman–Crippen MR) is 62.3 cm³/mol. The molecule has 0 saturated heterocycles. The van der Waals surface area contributed by atoms with Crippen molar-refractivity contribution in [1.29, 1.82) is 0 Å². The Hall–Kier alpha value is -1.22. The second-order valence-corrected chi connectivity index (χ2v) is 3.04. The number of anilines is 1. The highest BCUT2D eigenvalue weighted by Crippen LogP contribution is 2.19. The largest absolute Gasteiger partial charge is 0.494 e. The molecule has 0 aliphatic heterocycles. The van der Waals surface area contributed by atoms with Crippen molar-refractivity contribution < 1.29 is 9.57 Å². The second-order valence-electron chi connectivity index (χ2n) is 3.04. The van der Waals surface area contributed by atoms with Crippen LogP contribution in [0, 0.1) is 0 Å². The first-order valence-corrected chi connectivity index (χ1v) is 5.45. The van der Waals surface area contributed by atoms with Gasteiger partial charge in [-0.3, -0.25) is 9.90 Å². The van der Waals surface area contributed by atoms with Crippen molar-refractivity contribution in [2.24, 2.45) is 0 Å². The predicted octanol–water partition coefficient (Wildman–Crippen LogP) is 2.86. The van der Waals surface area contributed by atoms with E-state index in [2.05, 4.69) is 6.92 Å². The number of benzene rings is 1.